The van der Waals surface area contributed by atoms with Crippen LogP contribution in [0.4, 0.5) is 5.69 Å². The molecule has 0 atom stereocenters. The van der Waals surface area contributed by atoms with Crippen molar-refractivity contribution in [2.45, 2.75) is 104 Å². The third-order valence-corrected chi connectivity index (χ3v) is 29.1. The number of piperidine rings is 1. The predicted octanol–water partition coefficient (Wildman–Crippen LogP) is 7.54. The number of thiophene rings is 1. The normalized spacial score (nSPS) is 17.6. The molecule has 226 valence electrons. The molecule has 2 aliphatic heterocycles. The number of likely N-dealkylation sites (tertiary alicyclic amines) is 1. The van der Waals surface area contributed by atoms with E-state index in [1.54, 1.807) is 2.89 Å². The Morgan fingerprint density at radius 2 is 1.49 bits per heavy atom. The summed E-state index contributed by atoms with van der Waals surface area (Å²) in [6.45, 7) is 10.4. The zero-order chi connectivity index (χ0) is 29.3. The van der Waals surface area contributed by atoms with Crippen molar-refractivity contribution >= 4 is 50.0 Å². The van der Waals surface area contributed by atoms with Gasteiger partial charge >= 0.3 is 199 Å². The van der Waals surface area contributed by atoms with Crippen molar-refractivity contribution in [2.24, 2.45) is 0 Å². The molecule has 0 N–H and O–H groups in total. The van der Waals surface area contributed by atoms with Crippen molar-refractivity contribution < 1.29 is 9.59 Å². The summed E-state index contributed by atoms with van der Waals surface area (Å²) in [6.07, 6.45) is 11.1. The number of carbonyl (C=O) groups excluding carboxylic acids is 2. The molecule has 2 aromatic rings. The van der Waals surface area contributed by atoms with Crippen LogP contribution in [0, 0.1) is 0 Å². The number of anilines is 1. The molecule has 3 heterocycles. The average Bonchev–Trinajstić information content (AvgIpc) is 3.59. The van der Waals surface area contributed by atoms with E-state index in [1.165, 1.54) is 51.8 Å². The Balaban J connectivity index is 1.32. The molecule has 0 saturated carbocycles. The van der Waals surface area contributed by atoms with E-state index < -0.39 is 23.9 Å². The quantitative estimate of drug-likeness (QED) is 0.135. The molecule has 1 spiro atoms. The Labute approximate surface area is 257 Å². The molecule has 2 aliphatic rings. The van der Waals surface area contributed by atoms with E-state index in [-0.39, 0.29) is 5.91 Å². The molecule has 0 aliphatic carbocycles. The molecule has 1 aromatic carbocycles. The van der Waals surface area contributed by atoms with Gasteiger partial charge in [0.05, 0.1) is 6.67 Å². The first-order chi connectivity index (χ1) is 19.9. The molecule has 5 nitrogen and oxygen atoms in total. The van der Waals surface area contributed by atoms with E-state index in [2.05, 4.69) is 67.0 Å². The molecule has 7 heteroatoms. The summed E-state index contributed by atoms with van der Waals surface area (Å²) in [5, 5.41) is 0. The van der Waals surface area contributed by atoms with Gasteiger partial charge in [-0.2, -0.15) is 0 Å². The molecule has 1 aromatic heterocycles. The third-order valence-electron chi connectivity index (χ3n) is 9.67. The number of para-hydroxylation sites is 1. The van der Waals surface area contributed by atoms with Crippen LogP contribution in [0.3, 0.4) is 0 Å². The first kappa shape index (κ1) is 32.5. The van der Waals surface area contributed by atoms with Crippen LogP contribution in [-0.4, -0.2) is 78.8 Å². The fourth-order valence-electron chi connectivity index (χ4n) is 7.10. The zero-order valence-corrected chi connectivity index (χ0v) is 29.8. The fourth-order valence-corrected chi connectivity index (χ4v) is 27.2. The van der Waals surface area contributed by atoms with E-state index in [1.807, 2.05) is 29.4 Å². The van der Waals surface area contributed by atoms with Gasteiger partial charge in [0.2, 0.25) is 0 Å². The summed E-state index contributed by atoms with van der Waals surface area (Å²) < 4.78 is 6.02. The molecule has 2 fully saturated rings. The molecule has 0 bridgehead atoms. The topological polar surface area (TPSA) is 43.9 Å². The Hall–Kier alpha value is -1.38. The standard InChI is InChI=1S/C22H26N3O2S.3C4H9.Sn/c1-23-17-25(18-7-3-2-4-8-18)22(21(23)27)11-14-24(15-12-22)13-5-9-19(26)20-10-6-16-28-20;3*1-3-4-2;/h2-4,6-8,10H,5,9,11-15,17H2,1H3;3*1,3-4H2,2H3;. The minimum absolute atomic E-state index is 0.253. The maximum atomic E-state index is 13.3. The maximum absolute atomic E-state index is 13.3. The van der Waals surface area contributed by atoms with E-state index in [4.69, 9.17) is 0 Å². The first-order valence-corrected chi connectivity index (χ1v) is 24.6. The van der Waals surface area contributed by atoms with Crippen LogP contribution in [-0.2, 0) is 4.79 Å². The van der Waals surface area contributed by atoms with Crippen LogP contribution in [0.5, 0.6) is 0 Å². The van der Waals surface area contributed by atoms with Crippen molar-refractivity contribution in [3.63, 3.8) is 0 Å². The van der Waals surface area contributed by atoms with Gasteiger partial charge in [-0.05, 0) is 12.1 Å². The number of rotatable bonds is 16. The third kappa shape index (κ3) is 7.59. The van der Waals surface area contributed by atoms with Gasteiger partial charge in [-0.3, -0.25) is 4.79 Å². The Morgan fingerprint density at radius 3 is 2.07 bits per heavy atom. The second-order valence-electron chi connectivity index (χ2n) is 12.6. The number of hydrogen-bond acceptors (Lipinski definition) is 5. The van der Waals surface area contributed by atoms with Gasteiger partial charge in [0.15, 0.2) is 0 Å². The fraction of sp³-hybridized carbons (Fsp3) is 0.647. The molecule has 0 unspecified atom stereocenters. The van der Waals surface area contributed by atoms with Crippen molar-refractivity contribution in [2.75, 3.05) is 38.3 Å². The number of unbranched alkanes of at least 4 members (excludes halogenated alkanes) is 3. The monoisotopic (exact) mass is 687 g/mol. The first-order valence-electron chi connectivity index (χ1n) is 16.3. The number of Topliss-reactive ketones (excluding diaryl/α,β-unsaturated/α-hetero) is 1. The van der Waals surface area contributed by atoms with Gasteiger partial charge in [-0.15, -0.1) is 0 Å². The van der Waals surface area contributed by atoms with Crippen LogP contribution in [0.15, 0.2) is 42.5 Å². The summed E-state index contributed by atoms with van der Waals surface area (Å²) in [5.74, 6) is 0.585. The van der Waals surface area contributed by atoms with Crippen LogP contribution < -0.4 is 7.79 Å². The molecule has 4 rings (SSSR count). The van der Waals surface area contributed by atoms with Crippen LogP contribution in [0.2, 0.25) is 13.3 Å². The minimum atomic E-state index is -2.47. The number of ketones is 1. The van der Waals surface area contributed by atoms with Gasteiger partial charge in [0.1, 0.15) is 0 Å². The summed E-state index contributed by atoms with van der Waals surface area (Å²) in [4.78, 5) is 34.3. The van der Waals surface area contributed by atoms with Crippen molar-refractivity contribution in [3.8, 4) is 0 Å². The summed E-state index contributed by atoms with van der Waals surface area (Å²) in [6, 6.07) is 14.9. The Kier molecular flexibility index (Phi) is 12.2. The van der Waals surface area contributed by atoms with Crippen LogP contribution >= 0.6 is 11.3 Å². The number of likely N-dealkylation sites (N-methyl/N-ethyl adjacent to an activating group) is 1. The summed E-state index contributed by atoms with van der Waals surface area (Å²) in [5.41, 5.74) is 0.703. The van der Waals surface area contributed by atoms with Crippen LogP contribution in [0.1, 0.15) is 94.7 Å². The van der Waals surface area contributed by atoms with Crippen molar-refractivity contribution in [1.82, 2.24) is 9.80 Å². The molecule has 2 saturated heterocycles. The van der Waals surface area contributed by atoms with Gasteiger partial charge in [0, 0.05) is 12.7 Å². The molecule has 1 amide bonds. The number of carbonyl (C=O) groups is 2. The predicted molar refractivity (Wildman–Crippen MR) is 177 cm³/mol. The van der Waals surface area contributed by atoms with Crippen molar-refractivity contribution in [3.05, 3.63) is 47.3 Å². The number of hydrogen-bond donors (Lipinski definition) is 0. The average molecular weight is 687 g/mol. The SMILES string of the molecule is CCC[CH2][Sn]([CH2]CCC)([CH2]CCC)[c]1ccc(C(=O)CCCN2CCC3(CC2)C(=O)N(C)CN3c2ccccc2)s1. The molecule has 41 heavy (non-hydrogen) atoms. The molecular formula is C34H53N3O2SSn. The Bertz CT molecular complexity index is 1090. The van der Waals surface area contributed by atoms with E-state index in [0.717, 1.165) is 49.5 Å². The molecular weight excluding hydrogens is 633 g/mol. The van der Waals surface area contributed by atoms with E-state index in [0.29, 0.717) is 18.9 Å². The van der Waals surface area contributed by atoms with E-state index in [9.17, 15) is 9.59 Å². The van der Waals surface area contributed by atoms with Gasteiger partial charge in [-0.1, -0.05) is 18.2 Å². The van der Waals surface area contributed by atoms with Crippen LogP contribution in [0.25, 0.3) is 0 Å². The van der Waals surface area contributed by atoms with Gasteiger partial charge in [0.25, 0.3) is 0 Å². The molecule has 0 radical (unpaired) electrons. The van der Waals surface area contributed by atoms with Crippen molar-refractivity contribution in [1.29, 1.82) is 0 Å². The van der Waals surface area contributed by atoms with Gasteiger partial charge in [-0.25, -0.2) is 0 Å². The number of benzene rings is 1. The number of amides is 1. The second-order valence-corrected chi connectivity index (χ2v) is 27.8. The van der Waals surface area contributed by atoms with E-state index >= 15 is 0 Å². The van der Waals surface area contributed by atoms with Gasteiger partial charge < -0.3 is 4.90 Å². The second kappa shape index (κ2) is 15.4. The summed E-state index contributed by atoms with van der Waals surface area (Å²) in [7, 11) is 1.92. The Morgan fingerprint density at radius 1 is 0.878 bits per heavy atom. The summed E-state index contributed by atoms with van der Waals surface area (Å²) >= 11 is -0.592. The number of nitrogens with zero attached hydrogens (tertiary/aromatic N) is 3. The zero-order valence-electron chi connectivity index (χ0n) is 26.1.